The van der Waals surface area contributed by atoms with Gasteiger partial charge in [0.1, 0.15) is 22.0 Å². The van der Waals surface area contributed by atoms with Gasteiger partial charge in [0.05, 0.1) is 32.3 Å². The zero-order valence-electron chi connectivity index (χ0n) is 17.7. The van der Waals surface area contributed by atoms with Gasteiger partial charge in [-0.25, -0.2) is 4.98 Å². The number of hydrogen-bond acceptors (Lipinski definition) is 7. The highest BCUT2D eigenvalue weighted by Gasteiger charge is 2.25. The number of rotatable bonds is 7. The first-order chi connectivity index (χ1) is 15.4. The second-order valence-corrected chi connectivity index (χ2v) is 8.69. The summed E-state index contributed by atoms with van der Waals surface area (Å²) >= 11 is 0. The molecule has 4 aromatic rings. The number of aromatic nitrogens is 3. The lowest BCUT2D eigenvalue weighted by molar-refractivity contribution is 0.389. The summed E-state index contributed by atoms with van der Waals surface area (Å²) in [5.41, 5.74) is 3.22. The van der Waals surface area contributed by atoms with Gasteiger partial charge in [-0.3, -0.25) is 9.38 Å². The van der Waals surface area contributed by atoms with E-state index in [1.807, 2.05) is 34.9 Å². The Balaban J connectivity index is 1.67. The molecule has 0 aliphatic heterocycles. The lowest BCUT2D eigenvalue weighted by Gasteiger charge is -2.16. The molecular weight excluding hydrogens is 430 g/mol. The highest BCUT2D eigenvalue weighted by atomic mass is 32.2. The van der Waals surface area contributed by atoms with E-state index in [2.05, 4.69) is 15.1 Å². The quantitative estimate of drug-likeness (QED) is 0.316. The van der Waals surface area contributed by atoms with Crippen molar-refractivity contribution in [2.45, 2.75) is 4.90 Å². The van der Waals surface area contributed by atoms with E-state index in [0.717, 1.165) is 15.5 Å². The topological polar surface area (TPSA) is 98.4 Å². The summed E-state index contributed by atoms with van der Waals surface area (Å²) in [6, 6.07) is 12.2. The Kier molecular flexibility index (Phi) is 5.78. The van der Waals surface area contributed by atoms with E-state index in [0.29, 0.717) is 17.1 Å². The number of ether oxygens (including phenoxy) is 2. The number of pyridine rings is 2. The first kappa shape index (κ1) is 21.3. The average molecular weight is 452 g/mol. The van der Waals surface area contributed by atoms with E-state index in [4.69, 9.17) is 9.47 Å². The third-order valence-electron chi connectivity index (χ3n) is 4.88. The molecule has 164 valence electrons. The molecule has 32 heavy (non-hydrogen) atoms. The lowest BCUT2D eigenvalue weighted by atomic mass is 10.1. The van der Waals surface area contributed by atoms with E-state index in [1.165, 1.54) is 39.6 Å². The number of nitrogens with zero attached hydrogens (tertiary/aromatic N) is 5. The SMILES string of the molecule is COc1ccc(OC)c(S(=O)(=O)N(C)/N=C/c2cnc3ccc(-c4cccnc4)cn23)c1. The van der Waals surface area contributed by atoms with Gasteiger partial charge in [-0.15, -0.1) is 0 Å². The Bertz CT molecular complexity index is 1380. The molecule has 0 amide bonds. The molecule has 3 heterocycles. The Morgan fingerprint density at radius 2 is 1.91 bits per heavy atom. The number of imidazole rings is 1. The second-order valence-electron chi connectivity index (χ2n) is 6.77. The number of sulfonamides is 1. The van der Waals surface area contributed by atoms with E-state index >= 15 is 0 Å². The van der Waals surface area contributed by atoms with Crippen molar-refractivity contribution < 1.29 is 17.9 Å². The van der Waals surface area contributed by atoms with E-state index < -0.39 is 10.0 Å². The molecule has 4 rings (SSSR count). The molecule has 9 nitrogen and oxygen atoms in total. The van der Waals surface area contributed by atoms with Crippen molar-refractivity contribution in [1.82, 2.24) is 18.8 Å². The van der Waals surface area contributed by atoms with Gasteiger partial charge in [-0.1, -0.05) is 6.07 Å². The number of fused-ring (bicyclic) bond motifs is 1. The Hall–Kier alpha value is -3.92. The van der Waals surface area contributed by atoms with Gasteiger partial charge < -0.3 is 9.47 Å². The Morgan fingerprint density at radius 3 is 2.62 bits per heavy atom. The van der Waals surface area contributed by atoms with Crippen molar-refractivity contribution in [3.05, 3.63) is 72.9 Å². The molecule has 1 aromatic carbocycles. The van der Waals surface area contributed by atoms with E-state index in [9.17, 15) is 8.42 Å². The van der Waals surface area contributed by atoms with Crippen LogP contribution in [0.15, 0.2) is 77.2 Å². The second kappa shape index (κ2) is 8.67. The normalized spacial score (nSPS) is 11.7. The molecule has 3 aromatic heterocycles. The van der Waals surface area contributed by atoms with Crippen LogP contribution in [-0.4, -0.2) is 54.7 Å². The molecule has 10 heteroatoms. The molecule has 0 saturated carbocycles. The van der Waals surface area contributed by atoms with Gasteiger partial charge in [0.25, 0.3) is 10.0 Å². The maximum absolute atomic E-state index is 13.1. The largest absolute Gasteiger partial charge is 0.497 e. The summed E-state index contributed by atoms with van der Waals surface area (Å²) in [4.78, 5) is 8.46. The van der Waals surface area contributed by atoms with Gasteiger partial charge in [-0.05, 0) is 30.3 Å². The van der Waals surface area contributed by atoms with Crippen LogP contribution in [0.3, 0.4) is 0 Å². The Labute approximate surface area is 185 Å². The van der Waals surface area contributed by atoms with Crippen molar-refractivity contribution in [3.63, 3.8) is 0 Å². The molecule has 0 fully saturated rings. The standard InChI is InChI=1S/C22H21N5O4S/c1-26(32(28,29)21-11-19(30-2)7-8-20(21)31-3)25-14-18-13-24-22-9-6-17(15-27(18)22)16-5-4-10-23-12-16/h4-15H,1-3H3/b25-14+. The van der Waals surface area contributed by atoms with Gasteiger partial charge >= 0.3 is 0 Å². The van der Waals surface area contributed by atoms with Crippen molar-refractivity contribution >= 4 is 21.9 Å². The molecular formula is C22H21N5O4S. The fraction of sp³-hybridized carbons (Fsp3) is 0.136. The molecule has 0 unspecified atom stereocenters. The minimum atomic E-state index is -3.98. The number of hydrogen-bond donors (Lipinski definition) is 0. The van der Waals surface area contributed by atoms with Crippen LogP contribution in [0, 0.1) is 0 Å². The van der Waals surface area contributed by atoms with Crippen LogP contribution in [0.5, 0.6) is 11.5 Å². The summed E-state index contributed by atoms with van der Waals surface area (Å²) in [7, 11) is 0.245. The van der Waals surface area contributed by atoms with E-state index in [1.54, 1.807) is 24.7 Å². The maximum atomic E-state index is 13.1. The van der Waals surface area contributed by atoms with Crippen LogP contribution in [0.25, 0.3) is 16.8 Å². The first-order valence-electron chi connectivity index (χ1n) is 9.56. The smallest absolute Gasteiger partial charge is 0.282 e. The summed E-state index contributed by atoms with van der Waals surface area (Å²) in [5, 5.41) is 4.15. The first-order valence-corrected chi connectivity index (χ1v) is 11.0. The van der Waals surface area contributed by atoms with Gasteiger partial charge in [-0.2, -0.15) is 17.9 Å². The lowest BCUT2D eigenvalue weighted by Crippen LogP contribution is -2.22. The van der Waals surface area contributed by atoms with Crippen LogP contribution >= 0.6 is 0 Å². The maximum Gasteiger partial charge on any atom is 0.282 e. The van der Waals surface area contributed by atoms with E-state index in [-0.39, 0.29) is 10.6 Å². The number of benzene rings is 1. The summed E-state index contributed by atoms with van der Waals surface area (Å²) < 4.78 is 39.3. The monoisotopic (exact) mass is 451 g/mol. The van der Waals surface area contributed by atoms with Gasteiger partial charge in [0.2, 0.25) is 0 Å². The third-order valence-corrected chi connectivity index (χ3v) is 6.54. The predicted molar refractivity (Wildman–Crippen MR) is 121 cm³/mol. The highest BCUT2D eigenvalue weighted by molar-refractivity contribution is 7.89. The van der Waals surface area contributed by atoms with Crippen molar-refractivity contribution in [2.24, 2.45) is 5.10 Å². The van der Waals surface area contributed by atoms with Gasteiger partial charge in [0, 0.05) is 42.8 Å². The van der Waals surface area contributed by atoms with Crippen molar-refractivity contribution in [3.8, 4) is 22.6 Å². The van der Waals surface area contributed by atoms with Crippen LogP contribution in [0.4, 0.5) is 0 Å². The van der Waals surface area contributed by atoms with Crippen LogP contribution in [0.2, 0.25) is 0 Å². The minimum Gasteiger partial charge on any atom is -0.497 e. The predicted octanol–water partition coefficient (Wildman–Crippen LogP) is 3.07. The fourth-order valence-corrected chi connectivity index (χ4v) is 4.26. The van der Waals surface area contributed by atoms with Crippen molar-refractivity contribution in [1.29, 1.82) is 0 Å². The fourth-order valence-electron chi connectivity index (χ4n) is 3.13. The molecule has 0 radical (unpaired) electrons. The zero-order chi connectivity index (χ0) is 22.7. The Morgan fingerprint density at radius 1 is 1.06 bits per heavy atom. The molecule has 0 saturated heterocycles. The zero-order valence-corrected chi connectivity index (χ0v) is 18.5. The number of methoxy groups -OCH3 is 2. The molecule has 0 bridgehead atoms. The van der Waals surface area contributed by atoms with Crippen LogP contribution < -0.4 is 9.47 Å². The molecule has 0 N–H and O–H groups in total. The average Bonchev–Trinajstić information content (AvgIpc) is 3.24. The number of hydrazone groups is 1. The highest BCUT2D eigenvalue weighted by Crippen LogP contribution is 2.30. The molecule has 0 atom stereocenters. The molecule has 0 spiro atoms. The van der Waals surface area contributed by atoms with Crippen LogP contribution in [-0.2, 0) is 10.0 Å². The summed E-state index contributed by atoms with van der Waals surface area (Å²) in [5.74, 6) is 0.593. The third kappa shape index (κ3) is 4.00. The van der Waals surface area contributed by atoms with Gasteiger partial charge in [0.15, 0.2) is 0 Å². The summed E-state index contributed by atoms with van der Waals surface area (Å²) in [6.45, 7) is 0. The molecule has 0 aliphatic rings. The summed E-state index contributed by atoms with van der Waals surface area (Å²) in [6.07, 6.45) is 8.45. The minimum absolute atomic E-state index is 0.0454. The molecule has 0 aliphatic carbocycles. The van der Waals surface area contributed by atoms with Crippen molar-refractivity contribution in [2.75, 3.05) is 21.3 Å². The van der Waals surface area contributed by atoms with Crippen LogP contribution in [0.1, 0.15) is 5.69 Å².